The number of carbonyl (C=O) groups is 1. The van der Waals surface area contributed by atoms with Crippen LogP contribution in [0.4, 0.5) is 4.39 Å². The van der Waals surface area contributed by atoms with Crippen molar-refractivity contribution in [3.05, 3.63) is 68.4 Å². The second kappa shape index (κ2) is 5.91. The van der Waals surface area contributed by atoms with Gasteiger partial charge < -0.3 is 0 Å². The fourth-order valence-electron chi connectivity index (χ4n) is 1.63. The van der Waals surface area contributed by atoms with Crippen LogP contribution in [0.3, 0.4) is 0 Å². The van der Waals surface area contributed by atoms with Crippen LogP contribution in [-0.4, -0.2) is 5.78 Å². The third-order valence-electron chi connectivity index (χ3n) is 2.62. The molecule has 1 nitrogen and oxygen atoms in total. The number of rotatable bonds is 3. The van der Waals surface area contributed by atoms with E-state index < -0.39 is 5.82 Å². The maximum absolute atomic E-state index is 13.7. The van der Waals surface area contributed by atoms with E-state index in [9.17, 15) is 9.18 Å². The second-order valence-corrected chi connectivity index (χ2v) is 5.16. The zero-order chi connectivity index (χ0) is 14.0. The first-order valence-electron chi connectivity index (χ1n) is 5.40. The van der Waals surface area contributed by atoms with Gasteiger partial charge in [-0.3, -0.25) is 4.79 Å². The topological polar surface area (TPSA) is 17.1 Å². The van der Waals surface area contributed by atoms with Crippen LogP contribution in [0, 0.1) is 5.82 Å². The summed E-state index contributed by atoms with van der Waals surface area (Å²) in [7, 11) is 0. The van der Waals surface area contributed by atoms with Crippen LogP contribution in [0.15, 0.2) is 36.4 Å². The summed E-state index contributed by atoms with van der Waals surface area (Å²) >= 11 is 17.3. The molecule has 0 fully saturated rings. The lowest BCUT2D eigenvalue weighted by Gasteiger charge is -2.05. The summed E-state index contributed by atoms with van der Waals surface area (Å²) in [5, 5.41) is 0.658. The maximum atomic E-state index is 13.7. The Balaban J connectivity index is 2.26. The molecule has 0 spiro atoms. The highest BCUT2D eigenvalue weighted by atomic mass is 35.5. The van der Waals surface area contributed by atoms with Crippen molar-refractivity contribution >= 4 is 40.6 Å². The molecule has 0 aromatic heterocycles. The third-order valence-corrected chi connectivity index (χ3v) is 3.66. The molecule has 98 valence electrons. The Kier molecular flexibility index (Phi) is 4.46. The van der Waals surface area contributed by atoms with Crippen molar-refractivity contribution in [1.29, 1.82) is 0 Å². The molecule has 0 saturated heterocycles. The van der Waals surface area contributed by atoms with Crippen LogP contribution in [0.1, 0.15) is 15.9 Å². The Morgan fingerprint density at radius 2 is 1.74 bits per heavy atom. The highest BCUT2D eigenvalue weighted by Crippen LogP contribution is 2.24. The van der Waals surface area contributed by atoms with Gasteiger partial charge in [-0.25, -0.2) is 4.39 Å². The van der Waals surface area contributed by atoms with Gasteiger partial charge in [0.2, 0.25) is 0 Å². The summed E-state index contributed by atoms with van der Waals surface area (Å²) in [5.41, 5.74) is 0.636. The summed E-state index contributed by atoms with van der Waals surface area (Å²) in [4.78, 5) is 12.0. The van der Waals surface area contributed by atoms with E-state index in [1.54, 1.807) is 12.1 Å². The van der Waals surface area contributed by atoms with Crippen molar-refractivity contribution in [2.24, 2.45) is 0 Å². The molecule has 19 heavy (non-hydrogen) atoms. The number of hydrogen-bond acceptors (Lipinski definition) is 1. The summed E-state index contributed by atoms with van der Waals surface area (Å²) in [6.45, 7) is 0. The monoisotopic (exact) mass is 316 g/mol. The van der Waals surface area contributed by atoms with Crippen LogP contribution in [0.2, 0.25) is 15.1 Å². The van der Waals surface area contributed by atoms with Gasteiger partial charge in [0.25, 0.3) is 0 Å². The van der Waals surface area contributed by atoms with Gasteiger partial charge in [0.15, 0.2) is 5.78 Å². The first-order chi connectivity index (χ1) is 8.99. The standard InChI is InChI=1S/C14H8Cl3FO/c15-10-5-4-8(6-12(10)17)13(19)7-9-2-1-3-11(16)14(9)18/h1-6H,7H2. The Labute approximate surface area is 124 Å². The predicted molar refractivity (Wildman–Crippen MR) is 75.9 cm³/mol. The molecule has 0 unspecified atom stereocenters. The second-order valence-electron chi connectivity index (χ2n) is 3.94. The molecule has 0 atom stereocenters. The molecule has 2 rings (SSSR count). The molecule has 0 aliphatic rings. The average molecular weight is 318 g/mol. The molecule has 0 heterocycles. The summed E-state index contributed by atoms with van der Waals surface area (Å²) < 4.78 is 13.7. The minimum atomic E-state index is -0.572. The van der Waals surface area contributed by atoms with E-state index in [1.807, 2.05) is 0 Å². The lowest BCUT2D eigenvalue weighted by molar-refractivity contribution is 0.0992. The molecule has 0 N–H and O–H groups in total. The Morgan fingerprint density at radius 3 is 2.42 bits per heavy atom. The number of ketones is 1. The smallest absolute Gasteiger partial charge is 0.167 e. The Bertz CT molecular complexity index is 641. The van der Waals surface area contributed by atoms with E-state index in [0.717, 1.165) is 0 Å². The van der Waals surface area contributed by atoms with Crippen molar-refractivity contribution in [1.82, 2.24) is 0 Å². The minimum Gasteiger partial charge on any atom is -0.294 e. The van der Waals surface area contributed by atoms with Crippen molar-refractivity contribution in [3.8, 4) is 0 Å². The molecule has 0 aliphatic carbocycles. The number of carbonyl (C=O) groups excluding carboxylic acids is 1. The van der Waals surface area contributed by atoms with E-state index >= 15 is 0 Å². The normalized spacial score (nSPS) is 10.5. The van der Waals surface area contributed by atoms with Gasteiger partial charge in [0, 0.05) is 12.0 Å². The van der Waals surface area contributed by atoms with E-state index in [1.165, 1.54) is 24.3 Å². The quantitative estimate of drug-likeness (QED) is 0.710. The minimum absolute atomic E-state index is 0.000520. The number of halogens is 4. The van der Waals surface area contributed by atoms with Gasteiger partial charge in [0.1, 0.15) is 5.82 Å². The zero-order valence-electron chi connectivity index (χ0n) is 9.59. The Hall–Kier alpha value is -1.09. The molecular weight excluding hydrogens is 310 g/mol. The van der Waals surface area contributed by atoms with Gasteiger partial charge in [-0.05, 0) is 29.8 Å². The number of benzene rings is 2. The van der Waals surface area contributed by atoms with Crippen molar-refractivity contribution < 1.29 is 9.18 Å². The largest absolute Gasteiger partial charge is 0.294 e. The highest BCUT2D eigenvalue weighted by molar-refractivity contribution is 6.42. The summed E-state index contributed by atoms with van der Waals surface area (Å²) in [5.74, 6) is -0.822. The van der Waals surface area contributed by atoms with E-state index in [-0.39, 0.29) is 22.8 Å². The zero-order valence-corrected chi connectivity index (χ0v) is 11.9. The molecular formula is C14H8Cl3FO. The molecule has 2 aromatic carbocycles. The van der Waals surface area contributed by atoms with E-state index in [4.69, 9.17) is 34.8 Å². The molecule has 2 aromatic rings. The Morgan fingerprint density at radius 1 is 1.00 bits per heavy atom. The molecule has 0 bridgehead atoms. The molecule has 0 amide bonds. The van der Waals surface area contributed by atoms with Gasteiger partial charge in [-0.2, -0.15) is 0 Å². The molecule has 0 radical (unpaired) electrons. The van der Waals surface area contributed by atoms with Gasteiger partial charge in [-0.15, -0.1) is 0 Å². The molecule has 0 aliphatic heterocycles. The third kappa shape index (κ3) is 3.27. The van der Waals surface area contributed by atoms with Gasteiger partial charge in [0.05, 0.1) is 15.1 Å². The van der Waals surface area contributed by atoms with E-state index in [0.29, 0.717) is 15.6 Å². The predicted octanol–water partition coefficient (Wildman–Crippen LogP) is 5.21. The van der Waals surface area contributed by atoms with Crippen LogP contribution >= 0.6 is 34.8 Å². The molecule has 5 heteroatoms. The molecule has 0 saturated carbocycles. The fraction of sp³-hybridized carbons (Fsp3) is 0.0714. The average Bonchev–Trinajstić information content (AvgIpc) is 2.38. The lowest BCUT2D eigenvalue weighted by Crippen LogP contribution is -2.05. The maximum Gasteiger partial charge on any atom is 0.167 e. The highest BCUT2D eigenvalue weighted by Gasteiger charge is 2.13. The van der Waals surface area contributed by atoms with Crippen LogP contribution < -0.4 is 0 Å². The number of hydrogen-bond donors (Lipinski definition) is 0. The first kappa shape index (κ1) is 14.3. The SMILES string of the molecule is O=C(Cc1cccc(Cl)c1F)c1ccc(Cl)c(Cl)c1. The van der Waals surface area contributed by atoms with Crippen LogP contribution in [0.5, 0.6) is 0 Å². The summed E-state index contributed by atoms with van der Waals surface area (Å²) in [6, 6.07) is 9.11. The van der Waals surface area contributed by atoms with Gasteiger partial charge >= 0.3 is 0 Å². The van der Waals surface area contributed by atoms with Crippen LogP contribution in [0.25, 0.3) is 0 Å². The van der Waals surface area contributed by atoms with Crippen molar-refractivity contribution in [2.75, 3.05) is 0 Å². The summed E-state index contributed by atoms with van der Waals surface area (Å²) in [6.07, 6.45) is -0.0790. The van der Waals surface area contributed by atoms with Crippen LogP contribution in [-0.2, 0) is 6.42 Å². The lowest BCUT2D eigenvalue weighted by atomic mass is 10.0. The van der Waals surface area contributed by atoms with Gasteiger partial charge in [-0.1, -0.05) is 46.9 Å². The first-order valence-corrected chi connectivity index (χ1v) is 6.53. The van der Waals surface area contributed by atoms with E-state index in [2.05, 4.69) is 0 Å². The number of Topliss-reactive ketones (excluding diaryl/α,β-unsaturated/α-hetero) is 1. The fourth-order valence-corrected chi connectivity index (χ4v) is 2.12. The van der Waals surface area contributed by atoms with Crippen molar-refractivity contribution in [3.63, 3.8) is 0 Å². The van der Waals surface area contributed by atoms with Crippen molar-refractivity contribution in [2.45, 2.75) is 6.42 Å².